The molecule has 0 aromatic rings. The lowest BCUT2D eigenvalue weighted by atomic mass is 10.5. The minimum absolute atomic E-state index is 0.365. The minimum Gasteiger partial charge on any atom is -0.360 e. The summed E-state index contributed by atoms with van der Waals surface area (Å²) in [5.41, 5.74) is 0. The van der Waals surface area contributed by atoms with Crippen molar-refractivity contribution in [2.75, 3.05) is 6.29 Å². The molecule has 134 valence electrons. The highest BCUT2D eigenvalue weighted by Crippen LogP contribution is 2.46. The number of nitrogens with one attached hydrogen (secondary N) is 1. The number of hydrogen-bond donors (Lipinski definition) is 1. The van der Waals surface area contributed by atoms with E-state index in [4.69, 9.17) is 28.3 Å². The second-order valence-electron chi connectivity index (χ2n) is 3.77. The lowest BCUT2D eigenvalue weighted by molar-refractivity contribution is 0.352. The van der Waals surface area contributed by atoms with Crippen molar-refractivity contribution in [3.63, 3.8) is 0 Å². The molecule has 0 aromatic heterocycles. The maximum absolute atomic E-state index is 12.6. The molecule has 0 aliphatic rings. The van der Waals surface area contributed by atoms with Crippen molar-refractivity contribution >= 4 is 7.60 Å². The van der Waals surface area contributed by atoms with Crippen LogP contribution in [0.5, 0.6) is 0 Å². The molecule has 0 radical (unpaired) electrons. The Kier molecular flexibility index (Phi) is 14.7. The second-order valence-corrected chi connectivity index (χ2v) is 5.67. The Morgan fingerprint density at radius 3 is 1.37 bits per heavy atom. The highest BCUT2D eigenvalue weighted by atomic mass is 31.2. The smallest absolute Gasteiger partial charge is 0.360 e. The van der Waals surface area contributed by atoms with Crippen molar-refractivity contribution in [3.8, 4) is 144 Å². The van der Waals surface area contributed by atoms with Crippen molar-refractivity contribution in [1.29, 1.82) is 0 Å². The standard InChI is InChI=1S/C25H6NO3P/c1-4-7-10-13-16-19-22-26-25-30(27,28-23-20-17-14-11-8-5-2)29-24-21-18-15-12-9-6-3/h1-3,26H,25H2. The summed E-state index contributed by atoms with van der Waals surface area (Å²) in [7, 11) is -3.84. The van der Waals surface area contributed by atoms with E-state index in [1.54, 1.807) is 0 Å². The van der Waals surface area contributed by atoms with Crippen LogP contribution in [0.2, 0.25) is 0 Å². The Balaban J connectivity index is 5.19. The van der Waals surface area contributed by atoms with Crippen LogP contribution in [-0.4, -0.2) is 6.29 Å². The number of terminal acetylenes is 3. The summed E-state index contributed by atoms with van der Waals surface area (Å²) in [6.45, 7) is 0. The fourth-order valence-corrected chi connectivity index (χ4v) is 1.73. The van der Waals surface area contributed by atoms with E-state index in [1.807, 2.05) is 0 Å². The molecular formula is C25H6NO3P. The van der Waals surface area contributed by atoms with Gasteiger partial charge in [0.25, 0.3) is 0 Å². The van der Waals surface area contributed by atoms with Crippen LogP contribution in [0.4, 0.5) is 0 Å². The summed E-state index contributed by atoms with van der Waals surface area (Å²) in [5.74, 6) is 41.2. The summed E-state index contributed by atoms with van der Waals surface area (Å²) < 4.78 is 22.4. The Bertz CT molecular complexity index is 1330. The molecule has 0 amide bonds. The normalized spacial score (nSPS) is 5.77. The summed E-state index contributed by atoms with van der Waals surface area (Å²) in [6, 6.07) is 2.42. The highest BCUT2D eigenvalue weighted by Gasteiger charge is 2.25. The molecule has 0 aromatic carbocycles. The molecule has 5 heteroatoms. The average molecular weight is 399 g/mol. The zero-order valence-electron chi connectivity index (χ0n) is 15.1. The Morgan fingerprint density at radius 1 is 0.567 bits per heavy atom. The molecule has 0 atom stereocenters. The zero-order chi connectivity index (χ0) is 22.2. The van der Waals surface area contributed by atoms with Gasteiger partial charge in [-0.3, -0.25) is 0 Å². The van der Waals surface area contributed by atoms with Gasteiger partial charge < -0.3 is 14.4 Å². The number of rotatable bonds is 4. The van der Waals surface area contributed by atoms with Crippen LogP contribution in [0.15, 0.2) is 0 Å². The van der Waals surface area contributed by atoms with E-state index in [0.29, 0.717) is 0 Å². The molecule has 0 spiro atoms. The van der Waals surface area contributed by atoms with E-state index in [0.717, 1.165) is 0 Å². The molecule has 4 nitrogen and oxygen atoms in total. The van der Waals surface area contributed by atoms with Gasteiger partial charge in [0.05, 0.1) is 0 Å². The van der Waals surface area contributed by atoms with Crippen LogP contribution >= 0.6 is 7.60 Å². The molecule has 0 aliphatic heterocycles. The molecular weight excluding hydrogens is 393 g/mol. The van der Waals surface area contributed by atoms with Crippen molar-refractivity contribution in [2.24, 2.45) is 0 Å². The average Bonchev–Trinajstić information content (AvgIpc) is 2.74. The largest absolute Gasteiger partial charge is 0.466 e. The van der Waals surface area contributed by atoms with Gasteiger partial charge in [0.2, 0.25) is 0 Å². The molecule has 0 heterocycles. The predicted octanol–water partition coefficient (Wildman–Crippen LogP) is 0.562. The first-order valence-corrected chi connectivity index (χ1v) is 8.97. The Labute approximate surface area is 177 Å². The summed E-state index contributed by atoms with van der Waals surface area (Å²) >= 11 is 0. The van der Waals surface area contributed by atoms with Crippen LogP contribution in [-0.2, 0) is 13.6 Å². The van der Waals surface area contributed by atoms with E-state index in [9.17, 15) is 4.57 Å². The Morgan fingerprint density at radius 2 is 0.933 bits per heavy atom. The molecule has 30 heavy (non-hydrogen) atoms. The quantitative estimate of drug-likeness (QED) is 0.427. The first-order valence-electron chi connectivity index (χ1n) is 7.24. The van der Waals surface area contributed by atoms with Crippen molar-refractivity contribution in [2.45, 2.75) is 0 Å². The molecule has 0 bridgehead atoms. The molecule has 0 saturated carbocycles. The maximum atomic E-state index is 12.6. The predicted molar refractivity (Wildman–Crippen MR) is 114 cm³/mol. The second kappa shape index (κ2) is 18.2. The fraction of sp³-hybridized carbons (Fsp3) is 0.0400. The van der Waals surface area contributed by atoms with Gasteiger partial charge in [0.15, 0.2) is 0 Å². The first-order chi connectivity index (χ1) is 14.7. The maximum Gasteiger partial charge on any atom is 0.466 e. The van der Waals surface area contributed by atoms with Gasteiger partial charge in [0, 0.05) is 59.3 Å². The van der Waals surface area contributed by atoms with Gasteiger partial charge in [-0.1, -0.05) is 0 Å². The van der Waals surface area contributed by atoms with Gasteiger partial charge >= 0.3 is 7.60 Å². The SMILES string of the molecule is C#CC#CC#CC#CNCP(=O)(OC#CC#CC#CC#C)OC#CC#CC#CC#C. The van der Waals surface area contributed by atoms with Gasteiger partial charge in [0.1, 0.15) is 18.5 Å². The van der Waals surface area contributed by atoms with Crippen LogP contribution in [0, 0.1) is 144 Å². The van der Waals surface area contributed by atoms with E-state index >= 15 is 0 Å². The van der Waals surface area contributed by atoms with Gasteiger partial charge in [-0.2, -0.15) is 0 Å². The zero-order valence-corrected chi connectivity index (χ0v) is 16.0. The van der Waals surface area contributed by atoms with Gasteiger partial charge in [-0.05, 0) is 53.3 Å². The topological polar surface area (TPSA) is 47.6 Å². The van der Waals surface area contributed by atoms with Crippen molar-refractivity contribution in [3.05, 3.63) is 0 Å². The van der Waals surface area contributed by atoms with Crippen LogP contribution in [0.25, 0.3) is 0 Å². The molecule has 0 fully saturated rings. The van der Waals surface area contributed by atoms with Crippen LogP contribution in [0.1, 0.15) is 0 Å². The first kappa shape index (κ1) is 24.4. The lowest BCUT2D eigenvalue weighted by Crippen LogP contribution is -2.10. The molecule has 0 aliphatic carbocycles. The van der Waals surface area contributed by atoms with Crippen LogP contribution in [0.3, 0.4) is 0 Å². The minimum atomic E-state index is -3.84. The molecule has 0 unspecified atom stereocenters. The van der Waals surface area contributed by atoms with Crippen LogP contribution < -0.4 is 5.32 Å². The molecule has 0 saturated heterocycles. The molecule has 0 rings (SSSR count). The monoisotopic (exact) mass is 399 g/mol. The van der Waals surface area contributed by atoms with Crippen molar-refractivity contribution < 1.29 is 13.6 Å². The van der Waals surface area contributed by atoms with Crippen molar-refractivity contribution in [1.82, 2.24) is 5.32 Å². The summed E-state index contributed by atoms with van der Waals surface area (Å²) in [6.07, 6.45) is 18.7. The summed E-state index contributed by atoms with van der Waals surface area (Å²) in [4.78, 5) is 0. The van der Waals surface area contributed by atoms with Gasteiger partial charge in [-0.25, -0.2) is 4.57 Å². The third kappa shape index (κ3) is 15.9. The Hall–Kier alpha value is -5.65. The van der Waals surface area contributed by atoms with E-state index in [1.165, 1.54) is 0 Å². The highest BCUT2D eigenvalue weighted by molar-refractivity contribution is 7.54. The van der Waals surface area contributed by atoms with Gasteiger partial charge in [-0.15, -0.1) is 19.3 Å². The third-order valence-electron chi connectivity index (χ3n) is 1.86. The fourth-order valence-electron chi connectivity index (χ4n) is 0.920. The van der Waals surface area contributed by atoms with E-state index < -0.39 is 7.60 Å². The summed E-state index contributed by atoms with van der Waals surface area (Å²) in [5, 5.41) is 2.49. The number of hydrogen-bond acceptors (Lipinski definition) is 4. The molecule has 1 N–H and O–H groups in total. The lowest BCUT2D eigenvalue weighted by Gasteiger charge is -2.10. The van der Waals surface area contributed by atoms with E-state index in [-0.39, 0.29) is 6.29 Å². The van der Waals surface area contributed by atoms with E-state index in [2.05, 4.69) is 130 Å². The third-order valence-corrected chi connectivity index (χ3v) is 3.15.